The van der Waals surface area contributed by atoms with E-state index in [1.165, 1.54) is 16.4 Å². The SMILES string of the molecule is CCCC1CC1Nc1ccc(S(=O)(=O)N2CCOCC2)cc1[N+](=O)[O-]. The first kappa shape index (κ1) is 18.1. The van der Waals surface area contributed by atoms with Crippen LogP contribution in [-0.2, 0) is 14.8 Å². The number of nitro benzene ring substituents is 1. The molecule has 1 aliphatic heterocycles. The number of anilines is 1. The van der Waals surface area contributed by atoms with Gasteiger partial charge >= 0.3 is 0 Å². The average Bonchev–Trinajstić information content (AvgIpc) is 3.33. The van der Waals surface area contributed by atoms with Gasteiger partial charge in [-0.25, -0.2) is 8.42 Å². The highest BCUT2D eigenvalue weighted by Crippen LogP contribution is 2.39. The van der Waals surface area contributed by atoms with E-state index < -0.39 is 14.9 Å². The minimum absolute atomic E-state index is 0.0486. The fraction of sp³-hybridized carbons (Fsp3) is 0.625. The van der Waals surface area contributed by atoms with E-state index in [0.29, 0.717) is 24.8 Å². The Morgan fingerprint density at radius 2 is 2.08 bits per heavy atom. The molecule has 1 heterocycles. The molecule has 1 aliphatic carbocycles. The Balaban J connectivity index is 1.82. The Bertz CT molecular complexity index is 746. The number of nitrogens with one attached hydrogen (secondary N) is 1. The van der Waals surface area contributed by atoms with Crippen molar-refractivity contribution in [2.24, 2.45) is 5.92 Å². The van der Waals surface area contributed by atoms with E-state index in [1.54, 1.807) is 0 Å². The summed E-state index contributed by atoms with van der Waals surface area (Å²) in [6.07, 6.45) is 3.18. The third-order valence-electron chi connectivity index (χ3n) is 4.70. The van der Waals surface area contributed by atoms with Crippen LogP contribution in [0.4, 0.5) is 11.4 Å². The molecular formula is C16H23N3O5S. The summed E-state index contributed by atoms with van der Waals surface area (Å²) in [5.74, 6) is 0.543. The number of morpholine rings is 1. The molecule has 0 bridgehead atoms. The van der Waals surface area contributed by atoms with Gasteiger partial charge in [-0.1, -0.05) is 13.3 Å². The van der Waals surface area contributed by atoms with Gasteiger partial charge in [0.2, 0.25) is 10.0 Å². The van der Waals surface area contributed by atoms with Crippen LogP contribution in [0, 0.1) is 16.0 Å². The third-order valence-corrected chi connectivity index (χ3v) is 6.59. The lowest BCUT2D eigenvalue weighted by Crippen LogP contribution is -2.40. The van der Waals surface area contributed by atoms with Gasteiger partial charge in [0.05, 0.1) is 23.0 Å². The molecular weight excluding hydrogens is 346 g/mol. The minimum Gasteiger partial charge on any atom is -0.379 e. The molecule has 1 saturated carbocycles. The summed E-state index contributed by atoms with van der Waals surface area (Å²) in [7, 11) is -3.75. The quantitative estimate of drug-likeness (QED) is 0.584. The molecule has 3 rings (SSSR count). The zero-order valence-corrected chi connectivity index (χ0v) is 15.0. The number of nitrogens with zero attached hydrogens (tertiary/aromatic N) is 2. The van der Waals surface area contributed by atoms with Gasteiger partial charge in [0, 0.05) is 25.2 Å². The number of ether oxygens (including phenoxy) is 1. The van der Waals surface area contributed by atoms with E-state index in [2.05, 4.69) is 12.2 Å². The van der Waals surface area contributed by atoms with Crippen LogP contribution < -0.4 is 5.32 Å². The van der Waals surface area contributed by atoms with E-state index in [9.17, 15) is 18.5 Å². The Morgan fingerprint density at radius 3 is 2.72 bits per heavy atom. The Labute approximate surface area is 147 Å². The second-order valence-corrected chi connectivity index (χ2v) is 8.43. The molecule has 138 valence electrons. The normalized spacial score (nSPS) is 24.0. The monoisotopic (exact) mass is 369 g/mol. The lowest BCUT2D eigenvalue weighted by Gasteiger charge is -2.26. The number of benzene rings is 1. The fourth-order valence-electron chi connectivity index (χ4n) is 3.19. The predicted octanol–water partition coefficient (Wildman–Crippen LogP) is 2.22. The van der Waals surface area contributed by atoms with Crippen LogP contribution in [0.15, 0.2) is 23.1 Å². The van der Waals surface area contributed by atoms with E-state index in [-0.39, 0.29) is 29.7 Å². The van der Waals surface area contributed by atoms with Gasteiger partial charge in [-0.05, 0) is 30.9 Å². The Hall–Kier alpha value is -1.71. The van der Waals surface area contributed by atoms with Crippen LogP contribution >= 0.6 is 0 Å². The van der Waals surface area contributed by atoms with E-state index in [0.717, 1.165) is 25.3 Å². The van der Waals surface area contributed by atoms with Crippen molar-refractivity contribution in [2.45, 2.75) is 37.1 Å². The third kappa shape index (κ3) is 3.94. The van der Waals surface area contributed by atoms with Crippen LogP contribution in [0.25, 0.3) is 0 Å². The molecule has 1 aromatic rings. The smallest absolute Gasteiger partial charge is 0.293 e. The maximum absolute atomic E-state index is 12.7. The average molecular weight is 369 g/mol. The second-order valence-electron chi connectivity index (χ2n) is 6.49. The largest absolute Gasteiger partial charge is 0.379 e. The molecule has 8 nitrogen and oxygen atoms in total. The first-order valence-electron chi connectivity index (χ1n) is 8.56. The van der Waals surface area contributed by atoms with Crippen LogP contribution in [0.2, 0.25) is 0 Å². The van der Waals surface area contributed by atoms with Crippen LogP contribution in [-0.4, -0.2) is 50.0 Å². The Morgan fingerprint density at radius 1 is 1.36 bits per heavy atom. The van der Waals surface area contributed by atoms with Gasteiger partial charge in [-0.2, -0.15) is 4.31 Å². The number of sulfonamides is 1. The van der Waals surface area contributed by atoms with Crippen LogP contribution in [0.1, 0.15) is 26.2 Å². The number of rotatable bonds is 7. The summed E-state index contributed by atoms with van der Waals surface area (Å²) in [4.78, 5) is 10.8. The van der Waals surface area contributed by atoms with Crippen LogP contribution in [0.3, 0.4) is 0 Å². The van der Waals surface area contributed by atoms with Crippen molar-refractivity contribution < 1.29 is 18.1 Å². The van der Waals surface area contributed by atoms with E-state index in [4.69, 9.17) is 4.74 Å². The van der Waals surface area contributed by atoms with Gasteiger partial charge in [0.25, 0.3) is 5.69 Å². The molecule has 2 unspecified atom stereocenters. The summed E-state index contributed by atoms with van der Waals surface area (Å²) < 4.78 is 31.8. The van der Waals surface area contributed by atoms with E-state index in [1.807, 2.05) is 0 Å². The molecule has 0 amide bonds. The van der Waals surface area contributed by atoms with Crippen molar-refractivity contribution in [3.63, 3.8) is 0 Å². The van der Waals surface area contributed by atoms with Crippen molar-refractivity contribution in [1.82, 2.24) is 4.31 Å². The van der Waals surface area contributed by atoms with Gasteiger partial charge in [0.1, 0.15) is 5.69 Å². The fourth-order valence-corrected chi connectivity index (χ4v) is 4.62. The predicted molar refractivity (Wildman–Crippen MR) is 93.1 cm³/mol. The molecule has 2 fully saturated rings. The van der Waals surface area contributed by atoms with Crippen molar-refractivity contribution >= 4 is 21.4 Å². The number of nitro groups is 1. The highest BCUT2D eigenvalue weighted by molar-refractivity contribution is 7.89. The molecule has 0 aromatic heterocycles. The van der Waals surface area contributed by atoms with Gasteiger partial charge in [0.15, 0.2) is 0 Å². The van der Waals surface area contributed by atoms with Crippen molar-refractivity contribution in [3.05, 3.63) is 28.3 Å². The van der Waals surface area contributed by atoms with Crippen molar-refractivity contribution in [3.8, 4) is 0 Å². The summed E-state index contributed by atoms with van der Waals surface area (Å²) >= 11 is 0. The molecule has 1 aromatic carbocycles. The first-order chi connectivity index (χ1) is 11.9. The summed E-state index contributed by atoms with van der Waals surface area (Å²) in [6, 6.07) is 4.34. The molecule has 2 atom stereocenters. The maximum atomic E-state index is 12.7. The Kier molecular flexibility index (Phi) is 5.26. The van der Waals surface area contributed by atoms with Gasteiger partial charge in [-0.3, -0.25) is 10.1 Å². The second kappa shape index (κ2) is 7.27. The molecule has 9 heteroatoms. The minimum atomic E-state index is -3.75. The number of hydrogen-bond acceptors (Lipinski definition) is 6. The highest BCUT2D eigenvalue weighted by atomic mass is 32.2. The van der Waals surface area contributed by atoms with Crippen molar-refractivity contribution in [1.29, 1.82) is 0 Å². The molecule has 1 saturated heterocycles. The summed E-state index contributed by atoms with van der Waals surface area (Å²) in [6.45, 7) is 3.31. The van der Waals surface area contributed by atoms with Gasteiger partial charge < -0.3 is 10.1 Å². The highest BCUT2D eigenvalue weighted by Gasteiger charge is 2.37. The molecule has 0 spiro atoms. The van der Waals surface area contributed by atoms with Gasteiger partial charge in [-0.15, -0.1) is 0 Å². The maximum Gasteiger partial charge on any atom is 0.293 e. The molecule has 2 aliphatic rings. The van der Waals surface area contributed by atoms with E-state index >= 15 is 0 Å². The molecule has 0 radical (unpaired) electrons. The van der Waals surface area contributed by atoms with Crippen LogP contribution in [0.5, 0.6) is 0 Å². The lowest BCUT2D eigenvalue weighted by atomic mass is 10.2. The lowest BCUT2D eigenvalue weighted by molar-refractivity contribution is -0.384. The number of hydrogen-bond donors (Lipinski definition) is 1. The van der Waals surface area contributed by atoms with Crippen molar-refractivity contribution in [2.75, 3.05) is 31.6 Å². The zero-order valence-electron chi connectivity index (χ0n) is 14.2. The molecule has 25 heavy (non-hydrogen) atoms. The molecule has 1 N–H and O–H groups in total. The summed E-state index contributed by atoms with van der Waals surface area (Å²) in [5, 5.41) is 14.6. The first-order valence-corrected chi connectivity index (χ1v) is 10.0. The standard InChI is InChI=1S/C16H23N3O5S/c1-2-3-12-10-15(12)17-14-5-4-13(11-16(14)19(20)21)25(22,23)18-6-8-24-9-7-18/h4-5,11-12,15,17H,2-3,6-10H2,1H3. The summed E-state index contributed by atoms with van der Waals surface area (Å²) in [5.41, 5.74) is 0.186. The topological polar surface area (TPSA) is 102 Å². The zero-order chi connectivity index (χ0) is 18.0.